The SMILES string of the molecule is CC(=O)OC/C(=C(\C(=O)O)c1ccccc1)c1ccc(S(C)(=O)=O)cc1.CC(=O)OC/C(=C(\C(=O)OCCCCC(CO[N+](=O)[O-])O[N+](=O)[O-])c1ccccc1)c1ccc(S(C)(=O)=O)cc1.CC(C)(C)[Si](C)(C)OC/C(=C(\CO)c1ccc(S(C)(=O)=O)cc1)c1ccccc1.CS(=O)(=O)c1ccc(C2=C(c3ccccc3)C(=O)OC2)cc1.O=[N+]([O-])OCC(CCCCO)O[N+](=O)[O-]. The molecule has 2 atom stereocenters. The molecule has 0 saturated carbocycles. The first-order valence-corrected chi connectivity index (χ1v) is 50.7. The summed E-state index contributed by atoms with van der Waals surface area (Å²) in [7, 11) is -15.3. The number of rotatable bonds is 41. The standard InChI is InChI=1S/C25H28N2O12S.C23H32O4SSi.C19H18O6S.C17H14O4S.C6H12N2O7/c1-18(28)37-17-23(19-11-13-22(14-12-19)40(2,34)35)24(20-8-4-3-5-9-20)25(29)36-15-7-6-10-21(39-27(32)33)16-38-26(30)31;1-23(2,3)29(5,6)27-17-22(18-10-8-7-9-11-18)21(16-24)19-12-14-20(15-13-19)28(4,25)26;1-13(20)25-12-17(14-8-10-16(11-9-14)26(2,23)24)18(19(21)22)15-6-4-3-5-7-15;1-22(19,20)14-9-7-12(8-10-14)15-11-21-17(18)16(15)13-5-3-2-4-6-13;9-4-2-1-3-6(15-8(12)13)5-14-7(10)11/h3-5,8-9,11-14,21H,6-7,10,15-17H2,1-2H3;7-15,24H,16-17H2,1-6H3;3-11H,12H2,1-2H3,(H,21,22);2-10H,11H2,1H3;6,9H,1-5H2/b24-23+;22-21-;18-17+;;. The van der Waals surface area contributed by atoms with E-state index in [0.717, 1.165) is 51.5 Å². The Morgan fingerprint density at radius 2 is 0.788 bits per heavy atom. The minimum Gasteiger partial charge on any atom is -0.478 e. The number of nitrogens with zero attached hydrogens (tertiary/aromatic N) is 4. The molecule has 42 heteroatoms. The van der Waals surface area contributed by atoms with Crippen molar-refractivity contribution in [2.24, 2.45) is 0 Å². The van der Waals surface area contributed by atoms with E-state index in [-0.39, 0.29) is 118 Å². The molecule has 1 heterocycles. The molecule has 1 aliphatic rings. The molecule has 1 aliphatic heterocycles. The molecule has 0 radical (unpaired) electrons. The number of aliphatic hydroxyl groups excluding tert-OH is 2. The quantitative estimate of drug-likeness (QED) is 0.00468. The highest BCUT2D eigenvalue weighted by atomic mass is 32.2. The number of cyclic esters (lactones) is 1. The fraction of sp³-hybridized carbons (Fsp3) is 0.322. The Hall–Kier alpha value is -13.2. The number of carbonyl (C=O) groups is 5. The molecule has 37 nitrogen and oxygen atoms in total. The van der Waals surface area contributed by atoms with Crippen LogP contribution in [-0.4, -0.2) is 204 Å². The van der Waals surface area contributed by atoms with Crippen LogP contribution in [0.5, 0.6) is 0 Å². The number of ether oxygens (including phenoxy) is 4. The van der Waals surface area contributed by atoms with Crippen LogP contribution in [0, 0.1) is 40.5 Å². The molecule has 0 aliphatic carbocycles. The molecule has 0 saturated heterocycles. The number of unbranched alkanes of at least 4 members (excludes halogenated alkanes) is 2. The van der Waals surface area contributed by atoms with Gasteiger partial charge >= 0.3 is 29.8 Å². The van der Waals surface area contributed by atoms with Gasteiger partial charge in [0.25, 0.3) is 20.3 Å². The van der Waals surface area contributed by atoms with Crippen LogP contribution in [0.25, 0.3) is 44.6 Å². The monoisotopic (exact) mass is 1920 g/mol. The number of aliphatic carboxylic acids is 1. The zero-order chi connectivity index (χ0) is 98.3. The Balaban J connectivity index is 0.000000301. The Labute approximate surface area is 764 Å². The second-order valence-corrected chi connectivity index (χ2v) is 43.5. The van der Waals surface area contributed by atoms with Crippen molar-refractivity contribution < 1.29 is 136 Å². The highest BCUT2D eigenvalue weighted by Gasteiger charge is 2.38. The molecule has 0 spiro atoms. The van der Waals surface area contributed by atoms with Crippen molar-refractivity contribution in [3.63, 3.8) is 0 Å². The zero-order valence-electron chi connectivity index (χ0n) is 74.1. The molecule has 710 valence electrons. The van der Waals surface area contributed by atoms with Crippen molar-refractivity contribution in [3.8, 4) is 0 Å². The van der Waals surface area contributed by atoms with E-state index in [1.54, 1.807) is 109 Å². The third-order valence-corrected chi connectivity index (χ3v) is 28.7. The summed E-state index contributed by atoms with van der Waals surface area (Å²) in [6, 6.07) is 60.8. The van der Waals surface area contributed by atoms with Crippen molar-refractivity contribution in [1.29, 1.82) is 0 Å². The van der Waals surface area contributed by atoms with E-state index in [4.69, 9.17) is 28.5 Å². The van der Waals surface area contributed by atoms with Gasteiger partial charge in [0.15, 0.2) is 47.7 Å². The molecule has 132 heavy (non-hydrogen) atoms. The van der Waals surface area contributed by atoms with Crippen molar-refractivity contribution in [3.05, 3.63) is 303 Å². The van der Waals surface area contributed by atoms with Gasteiger partial charge in [-0.2, -0.15) is 0 Å². The van der Waals surface area contributed by atoms with E-state index in [9.17, 15) is 108 Å². The van der Waals surface area contributed by atoms with Crippen LogP contribution in [0.15, 0.2) is 238 Å². The fourth-order valence-corrected chi connectivity index (χ4v) is 15.5. The average molecular weight is 1930 g/mol. The number of esters is 4. The molecule has 3 N–H and O–H groups in total. The normalized spacial score (nSPS) is 13.1. The van der Waals surface area contributed by atoms with Gasteiger partial charge in [0.05, 0.1) is 56.1 Å². The van der Waals surface area contributed by atoms with Gasteiger partial charge in [0, 0.05) is 62.2 Å². The molecular formula is C90H104N4O33S4Si. The Bertz CT molecular complexity index is 5880. The highest BCUT2D eigenvalue weighted by Crippen LogP contribution is 2.40. The van der Waals surface area contributed by atoms with Crippen molar-refractivity contribution in [1.82, 2.24) is 0 Å². The van der Waals surface area contributed by atoms with Crippen LogP contribution in [0.2, 0.25) is 18.1 Å². The molecule has 2 unspecified atom stereocenters. The van der Waals surface area contributed by atoms with Crippen LogP contribution in [-0.2, 0) is 106 Å². The predicted molar refractivity (Wildman–Crippen MR) is 489 cm³/mol. The predicted octanol–water partition coefficient (Wildman–Crippen LogP) is 13.2. The summed E-state index contributed by atoms with van der Waals surface area (Å²) in [5, 5.41) is 65.1. The summed E-state index contributed by atoms with van der Waals surface area (Å²) < 4.78 is 121. The smallest absolute Gasteiger partial charge is 0.339 e. The van der Waals surface area contributed by atoms with E-state index in [2.05, 4.69) is 53.2 Å². The van der Waals surface area contributed by atoms with Crippen LogP contribution in [0.1, 0.15) is 118 Å². The lowest BCUT2D eigenvalue weighted by Crippen LogP contribution is -2.41. The number of carboxylic acids is 1. The van der Waals surface area contributed by atoms with Gasteiger partial charge in [-0.25, -0.2) is 48.1 Å². The van der Waals surface area contributed by atoms with E-state index >= 15 is 0 Å². The van der Waals surface area contributed by atoms with E-state index in [0.29, 0.717) is 47.3 Å². The molecule has 9 rings (SSSR count). The van der Waals surface area contributed by atoms with Crippen molar-refractivity contribution >= 4 is 122 Å². The Morgan fingerprint density at radius 1 is 0.439 bits per heavy atom. The molecule has 0 bridgehead atoms. The summed E-state index contributed by atoms with van der Waals surface area (Å²) >= 11 is 0. The zero-order valence-corrected chi connectivity index (χ0v) is 78.3. The first-order valence-electron chi connectivity index (χ1n) is 40.2. The number of benzene rings is 8. The third kappa shape index (κ3) is 37.0. The molecule has 8 aromatic carbocycles. The van der Waals surface area contributed by atoms with Gasteiger partial charge in [0.2, 0.25) is 0 Å². The summed E-state index contributed by atoms with van der Waals surface area (Å²) in [5.41, 5.74) is 8.76. The lowest BCUT2D eigenvalue weighted by Gasteiger charge is -2.36. The van der Waals surface area contributed by atoms with Crippen molar-refractivity contribution in [2.45, 2.75) is 123 Å². The molecule has 0 fully saturated rings. The Morgan fingerprint density at radius 3 is 1.14 bits per heavy atom. The van der Waals surface area contributed by atoms with Gasteiger partial charge in [-0.15, -0.1) is 40.5 Å². The number of carbonyl (C=O) groups excluding carboxylic acids is 4. The second-order valence-electron chi connectivity index (χ2n) is 30.6. The number of sulfone groups is 4. The van der Waals surface area contributed by atoms with Gasteiger partial charge < -0.3 is 58.0 Å². The van der Waals surface area contributed by atoms with Gasteiger partial charge in [-0.1, -0.05) is 191 Å². The first kappa shape index (κ1) is 109. The van der Waals surface area contributed by atoms with Crippen molar-refractivity contribution in [2.75, 3.05) is 84.5 Å². The largest absolute Gasteiger partial charge is 0.478 e. The number of hydrogen-bond acceptors (Lipinski definition) is 32. The molecule has 8 aromatic rings. The van der Waals surface area contributed by atoms with E-state index < -0.39 is 117 Å². The van der Waals surface area contributed by atoms with Crippen LogP contribution < -0.4 is 0 Å². The van der Waals surface area contributed by atoms with Gasteiger partial charge in [0.1, 0.15) is 45.2 Å². The maximum absolute atomic E-state index is 13.3. The van der Waals surface area contributed by atoms with Crippen LogP contribution in [0.3, 0.4) is 0 Å². The topological polar surface area (TPSA) is 538 Å². The maximum Gasteiger partial charge on any atom is 0.339 e. The summed E-state index contributed by atoms with van der Waals surface area (Å²) in [6.45, 7) is 12.0. The van der Waals surface area contributed by atoms with E-state index in [1.165, 1.54) is 74.9 Å². The second kappa shape index (κ2) is 52.0. The maximum atomic E-state index is 13.3. The molecule has 0 aromatic heterocycles. The van der Waals surface area contributed by atoms with Crippen LogP contribution in [0.4, 0.5) is 0 Å². The summed E-state index contributed by atoms with van der Waals surface area (Å²) in [5.74, 6) is -3.43. The van der Waals surface area contributed by atoms with E-state index in [1.807, 2.05) is 60.7 Å². The number of aliphatic hydroxyl groups is 2. The number of hydrogen-bond donors (Lipinski definition) is 3. The summed E-state index contributed by atoms with van der Waals surface area (Å²) in [6.07, 6.45) is 4.01. The minimum atomic E-state index is -3.48. The molecule has 0 amide bonds. The summed E-state index contributed by atoms with van der Waals surface area (Å²) in [4.78, 5) is 118. The van der Waals surface area contributed by atoms with Gasteiger partial charge in [-0.05, 0) is 161 Å². The molecular weight excluding hydrogens is 1820 g/mol. The fourth-order valence-electron chi connectivity index (χ4n) is 12.0. The highest BCUT2D eigenvalue weighted by molar-refractivity contribution is 7.91. The third-order valence-electron chi connectivity index (χ3n) is 19.7. The lowest BCUT2D eigenvalue weighted by atomic mass is 9.95. The first-order chi connectivity index (χ1) is 62.0. The average Bonchev–Trinajstić information content (AvgIpc) is 1.60. The minimum absolute atomic E-state index is 0.0149. The number of carboxylic acid groups (broad SMARTS) is 1. The Kier molecular flexibility index (Phi) is 43.0. The lowest BCUT2D eigenvalue weighted by molar-refractivity contribution is -0.790. The van der Waals surface area contributed by atoms with Gasteiger partial charge in [-0.3, -0.25) is 9.59 Å². The van der Waals surface area contributed by atoms with Crippen LogP contribution >= 0.6 is 0 Å².